The summed E-state index contributed by atoms with van der Waals surface area (Å²) in [5.41, 5.74) is 0.469. The molecule has 1 aliphatic rings. The number of amides is 1. The lowest BCUT2D eigenvalue weighted by Crippen LogP contribution is -2.43. The van der Waals surface area contributed by atoms with Crippen LogP contribution in [0.3, 0.4) is 0 Å². The molecular weight excluding hydrogens is 378 g/mol. The van der Waals surface area contributed by atoms with Crippen molar-refractivity contribution < 1.29 is 24.2 Å². The maximum atomic E-state index is 12.4. The minimum atomic E-state index is -0.310. The summed E-state index contributed by atoms with van der Waals surface area (Å²) in [5.74, 6) is 0.803. The Morgan fingerprint density at radius 2 is 2.21 bits per heavy atom. The first-order valence-electron chi connectivity index (χ1n) is 9.16. The summed E-state index contributed by atoms with van der Waals surface area (Å²) in [7, 11) is 0. The van der Waals surface area contributed by atoms with Crippen molar-refractivity contribution in [1.29, 1.82) is 0 Å². The summed E-state index contributed by atoms with van der Waals surface area (Å²) in [6.07, 6.45) is 2.56. The van der Waals surface area contributed by atoms with Crippen molar-refractivity contribution in [1.82, 2.24) is 5.32 Å². The molecule has 0 aliphatic carbocycles. The lowest BCUT2D eigenvalue weighted by atomic mass is 10.00. The van der Waals surface area contributed by atoms with Crippen LogP contribution in [0.4, 0.5) is 0 Å². The number of thiophene rings is 1. The summed E-state index contributed by atoms with van der Waals surface area (Å²) in [5, 5.41) is 14.1. The SMILES string of the molecule is CC[C@@H](C)[C@@H](CO)NC(=O)COc1ccc2c(c1)O/C(=C\c1cccs1)C2=O. The lowest BCUT2D eigenvalue weighted by molar-refractivity contribution is -0.124. The van der Waals surface area contributed by atoms with E-state index in [1.807, 2.05) is 31.4 Å². The molecule has 0 radical (unpaired) electrons. The van der Waals surface area contributed by atoms with Gasteiger partial charge in [-0.25, -0.2) is 0 Å². The summed E-state index contributed by atoms with van der Waals surface area (Å²) >= 11 is 1.52. The van der Waals surface area contributed by atoms with Gasteiger partial charge in [-0.3, -0.25) is 9.59 Å². The zero-order valence-electron chi connectivity index (χ0n) is 15.8. The number of hydrogen-bond donors (Lipinski definition) is 2. The molecule has 2 heterocycles. The molecular formula is C21H23NO5S. The molecule has 0 saturated carbocycles. The largest absolute Gasteiger partial charge is 0.484 e. The molecule has 0 spiro atoms. The quantitative estimate of drug-likeness (QED) is 0.663. The van der Waals surface area contributed by atoms with Gasteiger partial charge in [0.05, 0.1) is 18.2 Å². The summed E-state index contributed by atoms with van der Waals surface area (Å²) in [4.78, 5) is 25.4. The molecule has 0 unspecified atom stereocenters. The Kier molecular flexibility index (Phi) is 6.49. The number of carbonyl (C=O) groups excluding carboxylic acids is 2. The van der Waals surface area contributed by atoms with Gasteiger partial charge in [0.25, 0.3) is 5.91 Å². The minimum Gasteiger partial charge on any atom is -0.484 e. The smallest absolute Gasteiger partial charge is 0.258 e. The Labute approximate surface area is 167 Å². The molecule has 1 aromatic carbocycles. The third-order valence-corrected chi connectivity index (χ3v) is 5.52. The Morgan fingerprint density at radius 1 is 1.39 bits per heavy atom. The van der Waals surface area contributed by atoms with Crippen LogP contribution in [-0.2, 0) is 4.79 Å². The summed E-state index contributed by atoms with van der Waals surface area (Å²) < 4.78 is 11.2. The van der Waals surface area contributed by atoms with Crippen LogP contribution in [0.1, 0.15) is 35.5 Å². The molecule has 0 fully saturated rings. The number of hydrogen-bond acceptors (Lipinski definition) is 6. The third kappa shape index (κ3) is 4.61. The minimum absolute atomic E-state index is 0.116. The normalized spacial score (nSPS) is 16.4. The van der Waals surface area contributed by atoms with E-state index in [1.54, 1.807) is 24.3 Å². The van der Waals surface area contributed by atoms with E-state index in [9.17, 15) is 14.7 Å². The van der Waals surface area contributed by atoms with Crippen LogP contribution in [-0.4, -0.2) is 36.1 Å². The first-order chi connectivity index (χ1) is 13.5. The zero-order chi connectivity index (χ0) is 20.1. The number of aliphatic hydroxyl groups excluding tert-OH is 1. The van der Waals surface area contributed by atoms with E-state index in [2.05, 4.69) is 5.32 Å². The fourth-order valence-electron chi connectivity index (χ4n) is 2.81. The average Bonchev–Trinajstić information content (AvgIpc) is 3.32. The maximum absolute atomic E-state index is 12.4. The molecule has 1 amide bonds. The zero-order valence-corrected chi connectivity index (χ0v) is 16.6. The topological polar surface area (TPSA) is 84.9 Å². The van der Waals surface area contributed by atoms with Crippen molar-refractivity contribution in [3.63, 3.8) is 0 Å². The third-order valence-electron chi connectivity index (χ3n) is 4.70. The molecule has 0 saturated heterocycles. The predicted octanol–water partition coefficient (Wildman–Crippen LogP) is 3.27. The second-order valence-corrected chi connectivity index (χ2v) is 7.62. The van der Waals surface area contributed by atoms with E-state index < -0.39 is 0 Å². The van der Waals surface area contributed by atoms with E-state index in [-0.39, 0.29) is 42.6 Å². The van der Waals surface area contributed by atoms with Crippen LogP contribution < -0.4 is 14.8 Å². The van der Waals surface area contributed by atoms with Gasteiger partial charge in [0, 0.05) is 17.0 Å². The fourth-order valence-corrected chi connectivity index (χ4v) is 3.46. The van der Waals surface area contributed by atoms with Crippen molar-refractivity contribution in [2.75, 3.05) is 13.2 Å². The Balaban J connectivity index is 1.61. The van der Waals surface area contributed by atoms with Gasteiger partial charge in [-0.2, -0.15) is 0 Å². The van der Waals surface area contributed by atoms with Gasteiger partial charge in [-0.1, -0.05) is 26.3 Å². The van der Waals surface area contributed by atoms with Crippen molar-refractivity contribution in [2.24, 2.45) is 5.92 Å². The van der Waals surface area contributed by atoms with Crippen molar-refractivity contribution in [3.05, 3.63) is 51.9 Å². The van der Waals surface area contributed by atoms with Crippen LogP contribution in [0.25, 0.3) is 6.08 Å². The Hall–Kier alpha value is -2.64. The van der Waals surface area contributed by atoms with E-state index >= 15 is 0 Å². The standard InChI is InChI=1S/C21H23NO5S/c1-3-13(2)17(11-23)22-20(24)12-26-14-6-7-16-18(9-14)27-19(21(16)25)10-15-5-4-8-28-15/h4-10,13,17,23H,3,11-12H2,1-2H3,(H,22,24)/b19-10-/t13-,17-/m1/s1. The van der Waals surface area contributed by atoms with E-state index in [0.29, 0.717) is 17.1 Å². The second-order valence-electron chi connectivity index (χ2n) is 6.64. The molecule has 28 heavy (non-hydrogen) atoms. The van der Waals surface area contributed by atoms with E-state index in [0.717, 1.165) is 11.3 Å². The number of nitrogens with one attached hydrogen (secondary N) is 1. The Morgan fingerprint density at radius 3 is 2.89 bits per heavy atom. The first kappa shape index (κ1) is 20.1. The average molecular weight is 401 g/mol. The molecule has 2 N–H and O–H groups in total. The van der Waals surface area contributed by atoms with Crippen LogP contribution in [0.2, 0.25) is 0 Å². The van der Waals surface area contributed by atoms with Gasteiger partial charge < -0.3 is 19.9 Å². The number of ketones is 1. The van der Waals surface area contributed by atoms with Crippen LogP contribution >= 0.6 is 11.3 Å². The second kappa shape index (κ2) is 9.03. The van der Waals surface area contributed by atoms with Crippen molar-refractivity contribution in [3.8, 4) is 11.5 Å². The first-order valence-corrected chi connectivity index (χ1v) is 10.0. The number of ether oxygens (including phenoxy) is 2. The number of fused-ring (bicyclic) bond motifs is 1. The van der Waals surface area contributed by atoms with Crippen molar-refractivity contribution in [2.45, 2.75) is 26.3 Å². The number of allylic oxidation sites excluding steroid dienone is 1. The molecule has 148 valence electrons. The molecule has 3 rings (SSSR count). The summed E-state index contributed by atoms with van der Waals surface area (Å²) in [6, 6.07) is 8.39. The number of carbonyl (C=O) groups is 2. The number of Topliss-reactive ketones (excluding diaryl/α,β-unsaturated/α-hetero) is 1. The van der Waals surface area contributed by atoms with Gasteiger partial charge >= 0.3 is 0 Å². The highest BCUT2D eigenvalue weighted by molar-refractivity contribution is 7.10. The molecule has 6 nitrogen and oxygen atoms in total. The fraction of sp³-hybridized carbons (Fsp3) is 0.333. The van der Waals surface area contributed by atoms with Crippen LogP contribution in [0, 0.1) is 5.92 Å². The van der Waals surface area contributed by atoms with Crippen LogP contribution in [0.15, 0.2) is 41.5 Å². The maximum Gasteiger partial charge on any atom is 0.258 e. The van der Waals surface area contributed by atoms with Crippen molar-refractivity contribution >= 4 is 29.1 Å². The van der Waals surface area contributed by atoms with E-state index in [1.165, 1.54) is 11.3 Å². The van der Waals surface area contributed by atoms with Gasteiger partial charge in [0.1, 0.15) is 11.5 Å². The van der Waals surface area contributed by atoms with Gasteiger partial charge in [-0.05, 0) is 29.5 Å². The molecule has 2 aromatic rings. The highest BCUT2D eigenvalue weighted by Crippen LogP contribution is 2.35. The molecule has 2 atom stereocenters. The predicted molar refractivity (Wildman–Crippen MR) is 108 cm³/mol. The Bertz CT molecular complexity index is 875. The molecule has 7 heteroatoms. The molecule has 1 aliphatic heterocycles. The molecule has 0 bridgehead atoms. The number of rotatable bonds is 8. The number of aliphatic hydroxyl groups is 1. The van der Waals surface area contributed by atoms with Crippen LogP contribution in [0.5, 0.6) is 11.5 Å². The van der Waals surface area contributed by atoms with E-state index in [4.69, 9.17) is 9.47 Å². The van der Waals surface area contributed by atoms with Gasteiger partial charge in [-0.15, -0.1) is 11.3 Å². The monoisotopic (exact) mass is 401 g/mol. The lowest BCUT2D eigenvalue weighted by Gasteiger charge is -2.22. The highest BCUT2D eigenvalue weighted by atomic mass is 32.1. The molecule has 1 aromatic heterocycles. The van der Waals surface area contributed by atoms with Gasteiger partial charge in [0.15, 0.2) is 12.4 Å². The number of benzene rings is 1. The highest BCUT2D eigenvalue weighted by Gasteiger charge is 2.28. The van der Waals surface area contributed by atoms with Gasteiger partial charge in [0.2, 0.25) is 5.78 Å². The summed E-state index contributed by atoms with van der Waals surface area (Å²) in [6.45, 7) is 3.67.